The molecule has 2 amide bonds. The number of para-hydroxylation sites is 1. The SMILES string of the molecule is CCOC(=O)C1CCN(C2CC(=O)N(c3ccccc3F)C2=O)CC1. The second kappa shape index (κ2) is 7.31. The minimum atomic E-state index is -0.592. The van der Waals surface area contributed by atoms with Crippen LogP contribution < -0.4 is 4.90 Å². The van der Waals surface area contributed by atoms with Crippen molar-refractivity contribution in [2.75, 3.05) is 24.6 Å². The van der Waals surface area contributed by atoms with Crippen LogP contribution in [-0.2, 0) is 19.1 Å². The highest BCUT2D eigenvalue weighted by atomic mass is 19.1. The van der Waals surface area contributed by atoms with Crippen LogP contribution in [0.2, 0.25) is 0 Å². The smallest absolute Gasteiger partial charge is 0.309 e. The summed E-state index contributed by atoms with van der Waals surface area (Å²) in [5, 5.41) is 0. The van der Waals surface area contributed by atoms with E-state index in [1.54, 1.807) is 13.0 Å². The molecule has 7 heteroatoms. The van der Waals surface area contributed by atoms with Gasteiger partial charge in [-0.05, 0) is 45.0 Å². The van der Waals surface area contributed by atoms with E-state index < -0.39 is 23.7 Å². The Labute approximate surface area is 145 Å². The Morgan fingerprint density at radius 3 is 2.56 bits per heavy atom. The molecule has 25 heavy (non-hydrogen) atoms. The van der Waals surface area contributed by atoms with Gasteiger partial charge in [0.15, 0.2) is 0 Å². The topological polar surface area (TPSA) is 66.9 Å². The van der Waals surface area contributed by atoms with E-state index in [1.807, 2.05) is 4.90 Å². The molecule has 3 rings (SSSR count). The molecule has 0 N–H and O–H groups in total. The molecule has 1 aromatic carbocycles. The maximum atomic E-state index is 14.0. The zero-order chi connectivity index (χ0) is 18.0. The first-order valence-corrected chi connectivity index (χ1v) is 8.55. The molecule has 0 saturated carbocycles. The standard InChI is InChI=1S/C18H21FN2O4/c1-2-25-18(24)12-7-9-20(10-8-12)15-11-16(22)21(17(15)23)14-6-4-3-5-13(14)19/h3-6,12,15H,2,7-11H2,1H3. The number of rotatable bonds is 4. The number of piperidine rings is 1. The van der Waals surface area contributed by atoms with Crippen molar-refractivity contribution in [3.63, 3.8) is 0 Å². The number of ether oxygens (including phenoxy) is 1. The Morgan fingerprint density at radius 2 is 1.92 bits per heavy atom. The summed E-state index contributed by atoms with van der Waals surface area (Å²) in [6.07, 6.45) is 1.23. The van der Waals surface area contributed by atoms with E-state index in [0.717, 1.165) is 4.90 Å². The lowest BCUT2D eigenvalue weighted by molar-refractivity contribution is -0.149. The molecule has 2 aliphatic rings. The van der Waals surface area contributed by atoms with Crippen molar-refractivity contribution in [1.82, 2.24) is 4.90 Å². The van der Waals surface area contributed by atoms with Gasteiger partial charge in [0, 0.05) is 0 Å². The third-order valence-electron chi connectivity index (χ3n) is 4.81. The van der Waals surface area contributed by atoms with Gasteiger partial charge in [-0.2, -0.15) is 0 Å². The fourth-order valence-corrected chi connectivity index (χ4v) is 3.49. The lowest BCUT2D eigenvalue weighted by Gasteiger charge is -2.33. The van der Waals surface area contributed by atoms with Gasteiger partial charge in [0.1, 0.15) is 5.82 Å². The van der Waals surface area contributed by atoms with Gasteiger partial charge >= 0.3 is 5.97 Å². The highest BCUT2D eigenvalue weighted by Gasteiger charge is 2.44. The number of amides is 2. The number of hydrogen-bond acceptors (Lipinski definition) is 5. The van der Waals surface area contributed by atoms with Crippen LogP contribution in [0.4, 0.5) is 10.1 Å². The molecule has 0 radical (unpaired) electrons. The van der Waals surface area contributed by atoms with Gasteiger partial charge in [-0.1, -0.05) is 12.1 Å². The molecule has 2 fully saturated rings. The molecule has 0 aromatic heterocycles. The molecule has 134 valence electrons. The van der Waals surface area contributed by atoms with Gasteiger partial charge in [0.25, 0.3) is 5.91 Å². The van der Waals surface area contributed by atoms with Crippen LogP contribution in [0, 0.1) is 11.7 Å². The van der Waals surface area contributed by atoms with Crippen molar-refractivity contribution >= 4 is 23.5 Å². The second-order valence-electron chi connectivity index (χ2n) is 6.30. The molecule has 0 bridgehead atoms. The van der Waals surface area contributed by atoms with Crippen LogP contribution in [-0.4, -0.2) is 48.4 Å². The summed E-state index contributed by atoms with van der Waals surface area (Å²) in [7, 11) is 0. The van der Waals surface area contributed by atoms with Crippen LogP contribution in [0.3, 0.4) is 0 Å². The lowest BCUT2D eigenvalue weighted by Crippen LogP contribution is -2.47. The van der Waals surface area contributed by atoms with E-state index >= 15 is 0 Å². The monoisotopic (exact) mass is 348 g/mol. The average molecular weight is 348 g/mol. The highest BCUT2D eigenvalue weighted by Crippen LogP contribution is 2.30. The normalized spacial score (nSPS) is 22.5. The quantitative estimate of drug-likeness (QED) is 0.612. The number of nitrogens with zero attached hydrogens (tertiary/aromatic N) is 2. The Bertz CT molecular complexity index is 685. The van der Waals surface area contributed by atoms with E-state index in [9.17, 15) is 18.8 Å². The summed E-state index contributed by atoms with van der Waals surface area (Å²) in [5.41, 5.74) is 0.00131. The summed E-state index contributed by atoms with van der Waals surface area (Å²) in [6, 6.07) is 5.18. The van der Waals surface area contributed by atoms with Gasteiger partial charge in [0.2, 0.25) is 5.91 Å². The van der Waals surface area contributed by atoms with Crippen LogP contribution in [0.1, 0.15) is 26.2 Å². The lowest BCUT2D eigenvalue weighted by atomic mass is 9.95. The number of likely N-dealkylation sites (tertiary alicyclic amines) is 1. The average Bonchev–Trinajstić information content (AvgIpc) is 2.90. The Kier molecular flexibility index (Phi) is 5.13. The minimum Gasteiger partial charge on any atom is -0.466 e. The number of carbonyl (C=O) groups excluding carboxylic acids is 3. The van der Waals surface area contributed by atoms with Gasteiger partial charge in [-0.3, -0.25) is 19.3 Å². The van der Waals surface area contributed by atoms with E-state index in [-0.39, 0.29) is 24.0 Å². The summed E-state index contributed by atoms with van der Waals surface area (Å²) in [4.78, 5) is 39.6. The van der Waals surface area contributed by atoms with Crippen LogP contribution in [0.5, 0.6) is 0 Å². The molecular weight excluding hydrogens is 327 g/mol. The van der Waals surface area contributed by atoms with E-state index in [4.69, 9.17) is 4.74 Å². The fourth-order valence-electron chi connectivity index (χ4n) is 3.49. The zero-order valence-corrected chi connectivity index (χ0v) is 14.1. The van der Waals surface area contributed by atoms with Crippen LogP contribution >= 0.6 is 0 Å². The molecule has 2 aliphatic heterocycles. The first kappa shape index (κ1) is 17.5. The number of imide groups is 1. The summed E-state index contributed by atoms with van der Waals surface area (Å²) in [6.45, 7) is 3.20. The maximum absolute atomic E-state index is 14.0. The summed E-state index contributed by atoms with van der Waals surface area (Å²) >= 11 is 0. The van der Waals surface area contributed by atoms with Crippen molar-refractivity contribution in [3.05, 3.63) is 30.1 Å². The molecule has 1 atom stereocenters. The third-order valence-corrected chi connectivity index (χ3v) is 4.81. The van der Waals surface area contributed by atoms with Crippen LogP contribution in [0.15, 0.2) is 24.3 Å². The Balaban J connectivity index is 1.67. The highest BCUT2D eigenvalue weighted by molar-refractivity contribution is 6.22. The number of hydrogen-bond donors (Lipinski definition) is 0. The van der Waals surface area contributed by atoms with Crippen molar-refractivity contribution in [2.45, 2.75) is 32.2 Å². The van der Waals surface area contributed by atoms with Gasteiger partial charge < -0.3 is 4.74 Å². The molecule has 2 saturated heterocycles. The molecule has 1 aromatic rings. The van der Waals surface area contributed by atoms with Gasteiger partial charge in [0.05, 0.1) is 30.7 Å². The predicted octanol–water partition coefficient (Wildman–Crippen LogP) is 1.73. The largest absolute Gasteiger partial charge is 0.466 e. The zero-order valence-electron chi connectivity index (χ0n) is 14.1. The number of halogens is 1. The number of anilines is 1. The Hall–Kier alpha value is -2.28. The first-order valence-electron chi connectivity index (χ1n) is 8.55. The molecule has 0 spiro atoms. The molecular formula is C18H21FN2O4. The first-order chi connectivity index (χ1) is 12.0. The van der Waals surface area contributed by atoms with E-state index in [0.29, 0.717) is 32.5 Å². The molecule has 0 aliphatic carbocycles. The van der Waals surface area contributed by atoms with E-state index in [1.165, 1.54) is 18.2 Å². The van der Waals surface area contributed by atoms with Crippen molar-refractivity contribution in [2.24, 2.45) is 5.92 Å². The predicted molar refractivity (Wildman–Crippen MR) is 88.2 cm³/mol. The molecule has 2 heterocycles. The van der Waals surface area contributed by atoms with E-state index in [2.05, 4.69) is 0 Å². The minimum absolute atomic E-state index is 0.00131. The van der Waals surface area contributed by atoms with Crippen molar-refractivity contribution in [1.29, 1.82) is 0 Å². The van der Waals surface area contributed by atoms with Gasteiger partial charge in [-0.15, -0.1) is 0 Å². The van der Waals surface area contributed by atoms with Crippen molar-refractivity contribution < 1.29 is 23.5 Å². The maximum Gasteiger partial charge on any atom is 0.309 e. The fraction of sp³-hybridized carbons (Fsp3) is 0.500. The second-order valence-corrected chi connectivity index (χ2v) is 6.30. The molecule has 1 unspecified atom stereocenters. The number of benzene rings is 1. The number of esters is 1. The van der Waals surface area contributed by atoms with Gasteiger partial charge in [-0.25, -0.2) is 9.29 Å². The molecule has 6 nitrogen and oxygen atoms in total. The summed E-state index contributed by atoms with van der Waals surface area (Å²) < 4.78 is 19.0. The van der Waals surface area contributed by atoms with Crippen molar-refractivity contribution in [3.8, 4) is 0 Å². The third kappa shape index (κ3) is 3.42. The van der Waals surface area contributed by atoms with Crippen LogP contribution in [0.25, 0.3) is 0 Å². The number of carbonyl (C=O) groups is 3. The summed E-state index contributed by atoms with van der Waals surface area (Å²) in [5.74, 6) is -1.75. The Morgan fingerprint density at radius 1 is 1.24 bits per heavy atom.